The molecule has 8 heteroatoms. The highest BCUT2D eigenvalue weighted by Crippen LogP contribution is 2.19. The van der Waals surface area contributed by atoms with Gasteiger partial charge in [-0.25, -0.2) is 4.68 Å². The van der Waals surface area contributed by atoms with Crippen LogP contribution in [0.1, 0.15) is 12.7 Å². The van der Waals surface area contributed by atoms with E-state index in [4.69, 9.17) is 4.42 Å². The molecule has 7 nitrogen and oxygen atoms in total. The van der Waals surface area contributed by atoms with E-state index in [1.54, 1.807) is 15.8 Å². The third-order valence-corrected chi connectivity index (χ3v) is 4.34. The first-order valence-corrected chi connectivity index (χ1v) is 8.53. The number of thioether (sulfide) groups is 1. The molecule has 0 radical (unpaired) electrons. The van der Waals surface area contributed by atoms with Crippen molar-refractivity contribution in [1.82, 2.24) is 20.2 Å². The minimum atomic E-state index is 0.0150. The Labute approximate surface area is 143 Å². The van der Waals surface area contributed by atoms with Crippen molar-refractivity contribution in [2.24, 2.45) is 0 Å². The molecular formula is C16H17N5O2S. The lowest BCUT2D eigenvalue weighted by Gasteiger charge is -2.20. The SMILES string of the molecule is CCN(C(=O)CSc1nnnn1Cc1ccco1)c1ccccc1. The molecule has 0 atom stereocenters. The van der Waals surface area contributed by atoms with Crippen LogP contribution in [0.5, 0.6) is 0 Å². The highest BCUT2D eigenvalue weighted by molar-refractivity contribution is 7.99. The molecule has 0 aliphatic carbocycles. The molecule has 0 bridgehead atoms. The molecule has 0 unspecified atom stereocenters. The van der Waals surface area contributed by atoms with Gasteiger partial charge >= 0.3 is 0 Å². The molecule has 0 N–H and O–H groups in total. The van der Waals surface area contributed by atoms with E-state index >= 15 is 0 Å². The molecule has 0 spiro atoms. The molecule has 0 saturated carbocycles. The number of amides is 1. The molecular weight excluding hydrogens is 326 g/mol. The second-order valence-corrected chi connectivity index (χ2v) is 5.90. The van der Waals surface area contributed by atoms with Crippen molar-refractivity contribution < 1.29 is 9.21 Å². The summed E-state index contributed by atoms with van der Waals surface area (Å²) in [6.45, 7) is 3.00. The van der Waals surface area contributed by atoms with E-state index in [0.29, 0.717) is 18.2 Å². The van der Waals surface area contributed by atoms with Crippen molar-refractivity contribution in [2.75, 3.05) is 17.2 Å². The number of benzene rings is 1. The summed E-state index contributed by atoms with van der Waals surface area (Å²) in [6.07, 6.45) is 1.61. The van der Waals surface area contributed by atoms with Crippen molar-refractivity contribution in [3.8, 4) is 0 Å². The normalized spacial score (nSPS) is 10.7. The number of hydrogen-bond acceptors (Lipinski definition) is 6. The van der Waals surface area contributed by atoms with Crippen LogP contribution in [0.4, 0.5) is 5.69 Å². The van der Waals surface area contributed by atoms with Gasteiger partial charge in [0.05, 0.1) is 12.0 Å². The zero-order chi connectivity index (χ0) is 16.8. The maximum atomic E-state index is 12.5. The molecule has 3 aromatic rings. The Hall–Kier alpha value is -2.61. The predicted octanol–water partition coefficient (Wildman–Crippen LogP) is 2.46. The van der Waals surface area contributed by atoms with Gasteiger partial charge in [0.25, 0.3) is 0 Å². The third kappa shape index (κ3) is 3.83. The quantitative estimate of drug-likeness (QED) is 0.613. The molecule has 2 heterocycles. The number of nitrogens with zero attached hydrogens (tertiary/aromatic N) is 5. The van der Waals surface area contributed by atoms with E-state index in [9.17, 15) is 4.79 Å². The van der Waals surface area contributed by atoms with E-state index in [1.807, 2.05) is 49.4 Å². The second-order valence-electron chi connectivity index (χ2n) is 4.96. The van der Waals surface area contributed by atoms with Crippen molar-refractivity contribution in [1.29, 1.82) is 0 Å². The van der Waals surface area contributed by atoms with Gasteiger partial charge in [0, 0.05) is 12.2 Å². The van der Waals surface area contributed by atoms with Gasteiger partial charge in [0.15, 0.2) is 0 Å². The van der Waals surface area contributed by atoms with E-state index in [1.165, 1.54) is 11.8 Å². The van der Waals surface area contributed by atoms with E-state index in [2.05, 4.69) is 15.5 Å². The highest BCUT2D eigenvalue weighted by atomic mass is 32.2. The number of furan rings is 1. The van der Waals surface area contributed by atoms with Crippen molar-refractivity contribution in [3.63, 3.8) is 0 Å². The summed E-state index contributed by atoms with van der Waals surface area (Å²) in [7, 11) is 0. The summed E-state index contributed by atoms with van der Waals surface area (Å²) in [4.78, 5) is 14.3. The molecule has 0 saturated heterocycles. The molecule has 124 valence electrons. The van der Waals surface area contributed by atoms with Gasteiger partial charge in [-0.2, -0.15) is 0 Å². The first-order valence-electron chi connectivity index (χ1n) is 7.54. The lowest BCUT2D eigenvalue weighted by molar-refractivity contribution is -0.116. The van der Waals surface area contributed by atoms with Crippen LogP contribution in [-0.2, 0) is 11.3 Å². The number of anilines is 1. The fourth-order valence-electron chi connectivity index (χ4n) is 2.26. The van der Waals surface area contributed by atoms with Gasteiger partial charge in [0.1, 0.15) is 12.3 Å². The summed E-state index contributed by atoms with van der Waals surface area (Å²) in [6, 6.07) is 13.3. The zero-order valence-electron chi connectivity index (χ0n) is 13.2. The summed E-state index contributed by atoms with van der Waals surface area (Å²) in [5.74, 6) is 1.04. The fraction of sp³-hybridized carbons (Fsp3) is 0.250. The van der Waals surface area contributed by atoms with E-state index in [-0.39, 0.29) is 11.7 Å². The molecule has 1 aromatic carbocycles. The Kier molecular flexibility index (Phi) is 5.27. The van der Waals surface area contributed by atoms with Crippen LogP contribution >= 0.6 is 11.8 Å². The number of hydrogen-bond donors (Lipinski definition) is 0. The zero-order valence-corrected chi connectivity index (χ0v) is 14.0. The van der Waals surface area contributed by atoms with Crippen LogP contribution in [0.15, 0.2) is 58.3 Å². The Morgan fingerprint density at radius 1 is 1.25 bits per heavy atom. The molecule has 3 rings (SSSR count). The predicted molar refractivity (Wildman–Crippen MR) is 90.8 cm³/mol. The minimum Gasteiger partial charge on any atom is -0.467 e. The first-order chi connectivity index (χ1) is 11.8. The topological polar surface area (TPSA) is 77.1 Å². The molecule has 2 aromatic heterocycles. The summed E-state index contributed by atoms with van der Waals surface area (Å²) in [5, 5.41) is 12.2. The fourth-order valence-corrected chi connectivity index (χ4v) is 3.02. The maximum absolute atomic E-state index is 12.5. The number of aromatic nitrogens is 4. The molecule has 0 aliphatic heterocycles. The molecule has 1 amide bonds. The Balaban J connectivity index is 1.63. The average Bonchev–Trinajstić information content (AvgIpc) is 3.27. The minimum absolute atomic E-state index is 0.0150. The monoisotopic (exact) mass is 343 g/mol. The molecule has 0 fully saturated rings. The third-order valence-electron chi connectivity index (χ3n) is 3.39. The number of carbonyl (C=O) groups is 1. The largest absolute Gasteiger partial charge is 0.467 e. The Morgan fingerprint density at radius 2 is 2.08 bits per heavy atom. The maximum Gasteiger partial charge on any atom is 0.237 e. The van der Waals surface area contributed by atoms with Crippen molar-refractivity contribution in [3.05, 3.63) is 54.5 Å². The van der Waals surface area contributed by atoms with Gasteiger partial charge in [-0.15, -0.1) is 5.10 Å². The average molecular weight is 343 g/mol. The number of tetrazole rings is 1. The van der Waals surface area contributed by atoms with Crippen molar-refractivity contribution in [2.45, 2.75) is 18.6 Å². The highest BCUT2D eigenvalue weighted by Gasteiger charge is 2.16. The lowest BCUT2D eigenvalue weighted by atomic mass is 10.3. The van der Waals surface area contributed by atoms with E-state index < -0.39 is 0 Å². The summed E-state index contributed by atoms with van der Waals surface area (Å²) in [5.41, 5.74) is 0.890. The van der Waals surface area contributed by atoms with E-state index in [0.717, 1.165) is 11.4 Å². The van der Waals surface area contributed by atoms with Crippen molar-refractivity contribution >= 4 is 23.4 Å². The van der Waals surface area contributed by atoms with Crippen LogP contribution in [0.2, 0.25) is 0 Å². The van der Waals surface area contributed by atoms with Crippen LogP contribution in [0, 0.1) is 0 Å². The second kappa shape index (κ2) is 7.78. The standard InChI is InChI=1S/C16H17N5O2S/c1-2-20(13-7-4-3-5-8-13)15(22)12-24-16-17-18-19-21(16)11-14-9-6-10-23-14/h3-10H,2,11-12H2,1H3. The van der Waals surface area contributed by atoms with Crippen LogP contribution in [0.3, 0.4) is 0 Å². The Bertz CT molecular complexity index is 773. The summed E-state index contributed by atoms with van der Waals surface area (Å²) >= 11 is 1.32. The molecule has 0 aliphatic rings. The Morgan fingerprint density at radius 3 is 2.79 bits per heavy atom. The van der Waals surface area contributed by atoms with Crippen LogP contribution in [-0.4, -0.2) is 38.4 Å². The number of carbonyl (C=O) groups excluding carboxylic acids is 1. The van der Waals surface area contributed by atoms with Crippen LogP contribution < -0.4 is 4.90 Å². The lowest BCUT2D eigenvalue weighted by Crippen LogP contribution is -2.32. The smallest absolute Gasteiger partial charge is 0.237 e. The van der Waals surface area contributed by atoms with Crippen LogP contribution in [0.25, 0.3) is 0 Å². The number of para-hydroxylation sites is 1. The van der Waals surface area contributed by atoms with Gasteiger partial charge in [-0.05, 0) is 41.6 Å². The van der Waals surface area contributed by atoms with Gasteiger partial charge in [0.2, 0.25) is 11.1 Å². The molecule has 24 heavy (non-hydrogen) atoms. The van der Waals surface area contributed by atoms with Gasteiger partial charge in [-0.1, -0.05) is 30.0 Å². The first kappa shape index (κ1) is 16.3. The number of rotatable bonds is 7. The van der Waals surface area contributed by atoms with Gasteiger partial charge in [-0.3, -0.25) is 4.79 Å². The van der Waals surface area contributed by atoms with Gasteiger partial charge < -0.3 is 9.32 Å². The summed E-state index contributed by atoms with van der Waals surface area (Å²) < 4.78 is 6.92.